The molecule has 0 spiro atoms. The van der Waals surface area contributed by atoms with E-state index in [1.54, 1.807) is 20.8 Å². The van der Waals surface area contributed by atoms with Crippen molar-refractivity contribution in [3.05, 3.63) is 52.5 Å². The van der Waals surface area contributed by atoms with E-state index in [-0.39, 0.29) is 51.0 Å². The summed E-state index contributed by atoms with van der Waals surface area (Å²) < 4.78 is 92.7. The number of methoxy groups -OCH3 is 3. The number of halogens is 5. The number of aromatic nitrogens is 2. The van der Waals surface area contributed by atoms with Crippen molar-refractivity contribution in [1.82, 2.24) is 9.78 Å². The van der Waals surface area contributed by atoms with Crippen LogP contribution in [0.5, 0.6) is 23.1 Å². The van der Waals surface area contributed by atoms with Crippen LogP contribution in [0.4, 0.5) is 22.0 Å². The zero-order valence-electron chi connectivity index (χ0n) is 20.9. The molecule has 0 bridgehead atoms. The lowest BCUT2D eigenvalue weighted by Gasteiger charge is -2.22. The number of benzene rings is 2. The molecule has 0 radical (unpaired) electrons. The first-order valence-corrected chi connectivity index (χ1v) is 11.4. The molecule has 0 fully saturated rings. The van der Waals surface area contributed by atoms with Gasteiger partial charge in [-0.15, -0.1) is 0 Å². The minimum Gasteiger partial charge on any atom is -0.493 e. The number of hydrogen-bond donors (Lipinski definition) is 0. The van der Waals surface area contributed by atoms with Crippen LogP contribution in [0.1, 0.15) is 36.8 Å². The molecule has 2 aromatic carbocycles. The summed E-state index contributed by atoms with van der Waals surface area (Å²) in [5.41, 5.74) is -0.734. The van der Waals surface area contributed by atoms with Crippen molar-refractivity contribution in [2.24, 2.45) is 0 Å². The van der Waals surface area contributed by atoms with E-state index in [9.17, 15) is 26.7 Å². The number of carbonyl (C=O) groups is 1. The Kier molecular flexibility index (Phi) is 7.96. The summed E-state index contributed by atoms with van der Waals surface area (Å²) in [6.45, 7) is 6.57. The number of rotatable bonds is 7. The van der Waals surface area contributed by atoms with E-state index in [0.29, 0.717) is 0 Å². The Morgan fingerprint density at radius 3 is 1.76 bits per heavy atom. The normalized spacial score (nSPS) is 11.5. The summed E-state index contributed by atoms with van der Waals surface area (Å²) in [7, 11) is 4.08. The lowest BCUT2D eigenvalue weighted by atomic mass is 10.1. The van der Waals surface area contributed by atoms with Crippen LogP contribution >= 0.6 is 11.8 Å². The van der Waals surface area contributed by atoms with Gasteiger partial charge < -0.3 is 18.9 Å². The molecule has 0 unspecified atom stereocenters. The molecule has 3 rings (SSSR count). The third kappa shape index (κ3) is 5.17. The molecule has 0 atom stereocenters. The van der Waals surface area contributed by atoms with Crippen LogP contribution in [-0.4, -0.2) is 37.1 Å². The number of carbonyl (C=O) groups excluding carboxylic acids is 1. The quantitative estimate of drug-likeness (QED) is 0.155. The van der Waals surface area contributed by atoms with Gasteiger partial charge in [0.05, 0.1) is 47.9 Å². The van der Waals surface area contributed by atoms with Crippen LogP contribution in [-0.2, 0) is 5.54 Å². The third-order valence-corrected chi connectivity index (χ3v) is 6.30. The van der Waals surface area contributed by atoms with Gasteiger partial charge in [0.1, 0.15) is 0 Å². The molecule has 0 amide bonds. The highest BCUT2D eigenvalue weighted by Gasteiger charge is 2.32. The molecular weight excluding hydrogens is 523 g/mol. The van der Waals surface area contributed by atoms with Gasteiger partial charge in [-0.2, -0.15) is 5.10 Å². The fourth-order valence-corrected chi connectivity index (χ4v) is 4.24. The molecule has 13 heteroatoms. The molecule has 7 nitrogen and oxygen atoms in total. The second-order valence-electron chi connectivity index (χ2n) is 8.61. The fraction of sp³-hybridized carbons (Fsp3) is 0.333. The number of esters is 1. The topological polar surface area (TPSA) is 71.8 Å². The molecule has 3 aromatic rings. The van der Waals surface area contributed by atoms with E-state index in [1.165, 1.54) is 45.1 Å². The van der Waals surface area contributed by atoms with Crippen molar-refractivity contribution < 1.29 is 45.7 Å². The van der Waals surface area contributed by atoms with Gasteiger partial charge in [0, 0.05) is 0 Å². The summed E-state index contributed by atoms with van der Waals surface area (Å²) in [6, 6.07) is 2.65. The Morgan fingerprint density at radius 1 is 0.838 bits per heavy atom. The smallest absolute Gasteiger partial charge is 0.345 e. The van der Waals surface area contributed by atoms with Crippen molar-refractivity contribution in [3.63, 3.8) is 0 Å². The Hall–Kier alpha value is -3.48. The number of hydrogen-bond acceptors (Lipinski definition) is 7. The Bertz CT molecular complexity index is 1320. The average molecular weight is 547 g/mol. The van der Waals surface area contributed by atoms with Gasteiger partial charge in [0.2, 0.25) is 17.4 Å². The summed E-state index contributed by atoms with van der Waals surface area (Å²) in [4.78, 5) is 11.9. The number of nitrogens with zero attached hydrogens (tertiary/aromatic N) is 2. The SMILES string of the molecule is COc1cc(C(=O)Oc2c(Sc3c(F)c(F)c(F)c(F)c3F)c(C)nn2C(C)(C)C)cc(OC)c1OC. The highest BCUT2D eigenvalue weighted by molar-refractivity contribution is 7.99. The summed E-state index contributed by atoms with van der Waals surface area (Å²) >= 11 is 0.200. The zero-order valence-corrected chi connectivity index (χ0v) is 21.7. The molecule has 0 aliphatic heterocycles. The molecule has 37 heavy (non-hydrogen) atoms. The van der Waals surface area contributed by atoms with Gasteiger partial charge >= 0.3 is 5.97 Å². The van der Waals surface area contributed by atoms with Gasteiger partial charge in [-0.25, -0.2) is 31.4 Å². The predicted octanol–water partition coefficient (Wildman–Crippen LogP) is 6.04. The van der Waals surface area contributed by atoms with E-state index in [1.807, 2.05) is 0 Å². The number of ether oxygens (including phenoxy) is 4. The Labute approximate surface area is 213 Å². The summed E-state index contributed by atoms with van der Waals surface area (Å²) in [5, 5.41) is 4.28. The molecule has 1 heterocycles. The van der Waals surface area contributed by atoms with Crippen LogP contribution in [0.2, 0.25) is 0 Å². The summed E-state index contributed by atoms with van der Waals surface area (Å²) in [5.74, 6) is -11.2. The van der Waals surface area contributed by atoms with Gasteiger partial charge in [-0.05, 0) is 39.8 Å². The first-order valence-electron chi connectivity index (χ1n) is 10.6. The first kappa shape index (κ1) is 28.1. The summed E-state index contributed by atoms with van der Waals surface area (Å²) in [6.07, 6.45) is 0. The molecule has 1 aromatic heterocycles. The van der Waals surface area contributed by atoms with Gasteiger partial charge in [0.25, 0.3) is 0 Å². The van der Waals surface area contributed by atoms with E-state index in [4.69, 9.17) is 18.9 Å². The molecule has 0 N–H and O–H groups in total. The molecule has 0 saturated carbocycles. The zero-order chi connectivity index (χ0) is 27.8. The predicted molar refractivity (Wildman–Crippen MR) is 123 cm³/mol. The molecule has 200 valence electrons. The Balaban J connectivity index is 2.15. The fourth-order valence-electron chi connectivity index (χ4n) is 3.28. The second-order valence-corrected chi connectivity index (χ2v) is 9.63. The lowest BCUT2D eigenvalue weighted by Crippen LogP contribution is -2.25. The lowest BCUT2D eigenvalue weighted by molar-refractivity contribution is 0.0703. The van der Waals surface area contributed by atoms with Crippen molar-refractivity contribution in [3.8, 4) is 23.1 Å². The van der Waals surface area contributed by atoms with Crippen LogP contribution < -0.4 is 18.9 Å². The monoisotopic (exact) mass is 546 g/mol. The van der Waals surface area contributed by atoms with E-state index < -0.39 is 45.5 Å². The van der Waals surface area contributed by atoms with Crippen LogP contribution in [0, 0.1) is 36.0 Å². The average Bonchev–Trinajstić information content (AvgIpc) is 3.17. The van der Waals surface area contributed by atoms with Crippen LogP contribution in [0.15, 0.2) is 21.9 Å². The molecule has 0 saturated heterocycles. The van der Waals surface area contributed by atoms with Gasteiger partial charge in [-0.1, -0.05) is 11.8 Å². The molecule has 0 aliphatic rings. The highest BCUT2D eigenvalue weighted by atomic mass is 32.2. The number of aryl methyl sites for hydroxylation is 1. The highest BCUT2D eigenvalue weighted by Crippen LogP contribution is 2.44. The molecular formula is C24H23F5N2O5S. The van der Waals surface area contributed by atoms with Gasteiger partial charge in [-0.3, -0.25) is 0 Å². The standard InChI is InChI=1S/C24H23F5N2O5S/c1-10-20(37-21-17(28)15(26)14(25)16(27)18(21)29)22(31(30-10)24(2,3)4)36-23(32)11-8-12(33-5)19(35-7)13(9-11)34-6/h8-9H,1-7H3. The van der Waals surface area contributed by atoms with E-state index in [2.05, 4.69) is 5.10 Å². The van der Waals surface area contributed by atoms with Gasteiger partial charge in [0.15, 0.2) is 34.8 Å². The second kappa shape index (κ2) is 10.5. The van der Waals surface area contributed by atoms with E-state index >= 15 is 0 Å². The van der Waals surface area contributed by atoms with Crippen molar-refractivity contribution in [2.45, 2.75) is 43.0 Å². The van der Waals surface area contributed by atoms with E-state index in [0.717, 1.165) is 0 Å². The maximum atomic E-state index is 14.4. The van der Waals surface area contributed by atoms with Crippen molar-refractivity contribution in [2.75, 3.05) is 21.3 Å². The van der Waals surface area contributed by atoms with Crippen molar-refractivity contribution >= 4 is 17.7 Å². The minimum absolute atomic E-state index is 0.0407. The van der Waals surface area contributed by atoms with Crippen molar-refractivity contribution in [1.29, 1.82) is 0 Å². The maximum absolute atomic E-state index is 14.4. The minimum atomic E-state index is -2.28. The first-order chi connectivity index (χ1) is 17.3. The molecule has 0 aliphatic carbocycles. The van der Waals surface area contributed by atoms with Crippen LogP contribution in [0.3, 0.4) is 0 Å². The Morgan fingerprint density at radius 2 is 1.32 bits per heavy atom. The third-order valence-electron chi connectivity index (χ3n) is 5.06. The van der Waals surface area contributed by atoms with Crippen LogP contribution in [0.25, 0.3) is 0 Å². The maximum Gasteiger partial charge on any atom is 0.345 e. The largest absolute Gasteiger partial charge is 0.493 e.